The third-order valence-electron chi connectivity index (χ3n) is 4.39. The summed E-state index contributed by atoms with van der Waals surface area (Å²) >= 11 is 0. The number of aromatic nitrogens is 2. The van der Waals surface area contributed by atoms with Gasteiger partial charge in [-0.05, 0) is 35.9 Å². The van der Waals surface area contributed by atoms with Crippen LogP contribution in [0.15, 0.2) is 67.3 Å². The molecule has 0 radical (unpaired) electrons. The summed E-state index contributed by atoms with van der Waals surface area (Å²) in [6.07, 6.45) is 5.10. The minimum absolute atomic E-state index is 0.194. The first-order chi connectivity index (χ1) is 14.3. The Morgan fingerprint density at radius 2 is 1.83 bits per heavy atom. The fraction of sp³-hybridized carbons (Fsp3) is 0.200. The van der Waals surface area contributed by atoms with Gasteiger partial charge in [0, 0.05) is 33.0 Å². The van der Waals surface area contributed by atoms with E-state index in [4.69, 9.17) is 0 Å². The molecule has 0 fully saturated rings. The first kappa shape index (κ1) is 21.5. The molecule has 8 nitrogen and oxygen atoms in total. The van der Waals surface area contributed by atoms with Crippen LogP contribution in [0.1, 0.15) is 5.56 Å². The van der Waals surface area contributed by atoms with Crippen molar-refractivity contribution < 1.29 is 17.6 Å². The first-order valence-electron chi connectivity index (χ1n) is 9.07. The number of anilines is 1. The molecule has 0 aliphatic rings. The SMILES string of the molecule is CN(C)S(=O)(=O)N(CC(=O)NCc1ccccc1-n1ccnc1)c1ccc(F)cc1. The number of nitrogens with one attached hydrogen (secondary N) is 1. The number of rotatable bonds is 8. The molecule has 1 aromatic heterocycles. The van der Waals surface area contributed by atoms with Crippen molar-refractivity contribution in [2.75, 3.05) is 24.9 Å². The molecule has 0 saturated carbocycles. The largest absolute Gasteiger partial charge is 0.350 e. The molecule has 1 heterocycles. The van der Waals surface area contributed by atoms with Crippen molar-refractivity contribution in [1.29, 1.82) is 0 Å². The number of nitrogens with zero attached hydrogens (tertiary/aromatic N) is 4. The third-order valence-corrected chi connectivity index (χ3v) is 6.21. The van der Waals surface area contributed by atoms with E-state index in [2.05, 4.69) is 10.3 Å². The Morgan fingerprint density at radius 1 is 1.13 bits per heavy atom. The van der Waals surface area contributed by atoms with Gasteiger partial charge in [0.1, 0.15) is 12.4 Å². The second-order valence-corrected chi connectivity index (χ2v) is 8.72. The first-order valence-corrected chi connectivity index (χ1v) is 10.5. The lowest BCUT2D eigenvalue weighted by Crippen LogP contribution is -2.45. The van der Waals surface area contributed by atoms with E-state index in [0.29, 0.717) is 0 Å². The van der Waals surface area contributed by atoms with Gasteiger partial charge in [-0.2, -0.15) is 12.7 Å². The van der Waals surface area contributed by atoms with Gasteiger partial charge in [0.2, 0.25) is 5.91 Å². The molecule has 2 aromatic carbocycles. The van der Waals surface area contributed by atoms with Crippen LogP contribution in [0, 0.1) is 5.82 Å². The molecule has 0 unspecified atom stereocenters. The predicted molar refractivity (Wildman–Crippen MR) is 112 cm³/mol. The van der Waals surface area contributed by atoms with Crippen LogP contribution in [0.5, 0.6) is 0 Å². The fourth-order valence-electron chi connectivity index (χ4n) is 2.80. The molecule has 0 saturated heterocycles. The number of imidazole rings is 1. The molecule has 0 spiro atoms. The smallest absolute Gasteiger partial charge is 0.304 e. The molecule has 30 heavy (non-hydrogen) atoms. The zero-order valence-corrected chi connectivity index (χ0v) is 17.4. The lowest BCUT2D eigenvalue weighted by molar-refractivity contribution is -0.119. The van der Waals surface area contributed by atoms with Crippen LogP contribution in [-0.2, 0) is 21.5 Å². The Kier molecular flexibility index (Phi) is 6.48. The summed E-state index contributed by atoms with van der Waals surface area (Å²) < 4.78 is 42.4. The van der Waals surface area contributed by atoms with Gasteiger partial charge >= 0.3 is 10.2 Å². The predicted octanol–water partition coefficient (Wildman–Crippen LogP) is 1.94. The van der Waals surface area contributed by atoms with Crippen LogP contribution in [0.25, 0.3) is 5.69 Å². The van der Waals surface area contributed by atoms with Crippen molar-refractivity contribution in [2.45, 2.75) is 6.54 Å². The Hall–Kier alpha value is -3.24. The van der Waals surface area contributed by atoms with Gasteiger partial charge in [0.05, 0.1) is 17.7 Å². The Balaban J connectivity index is 1.77. The van der Waals surface area contributed by atoms with Gasteiger partial charge in [-0.15, -0.1) is 0 Å². The van der Waals surface area contributed by atoms with Crippen LogP contribution in [-0.4, -0.2) is 48.8 Å². The van der Waals surface area contributed by atoms with E-state index in [1.807, 2.05) is 28.8 Å². The molecular weight excluding hydrogens is 409 g/mol. The highest BCUT2D eigenvalue weighted by Crippen LogP contribution is 2.20. The van der Waals surface area contributed by atoms with E-state index in [0.717, 1.165) is 32.0 Å². The molecule has 1 N–H and O–H groups in total. The van der Waals surface area contributed by atoms with E-state index < -0.39 is 28.5 Å². The maximum absolute atomic E-state index is 13.3. The van der Waals surface area contributed by atoms with E-state index in [1.165, 1.54) is 26.2 Å². The van der Waals surface area contributed by atoms with E-state index >= 15 is 0 Å². The maximum Gasteiger partial charge on any atom is 0.304 e. The molecular formula is C20H22FN5O3S. The molecule has 1 amide bonds. The van der Waals surface area contributed by atoms with E-state index in [1.54, 1.807) is 18.7 Å². The molecule has 0 atom stereocenters. The van der Waals surface area contributed by atoms with Gasteiger partial charge in [-0.25, -0.2) is 13.7 Å². The van der Waals surface area contributed by atoms with Crippen LogP contribution in [0.4, 0.5) is 10.1 Å². The van der Waals surface area contributed by atoms with Crippen LogP contribution in [0.2, 0.25) is 0 Å². The second-order valence-electron chi connectivity index (χ2n) is 6.65. The summed E-state index contributed by atoms with van der Waals surface area (Å²) in [6.45, 7) is -0.244. The zero-order valence-electron chi connectivity index (χ0n) is 16.6. The van der Waals surface area contributed by atoms with Gasteiger partial charge < -0.3 is 9.88 Å². The summed E-state index contributed by atoms with van der Waals surface area (Å²) in [5.74, 6) is -0.994. The third kappa shape index (κ3) is 4.84. The quantitative estimate of drug-likeness (QED) is 0.591. The molecule has 3 rings (SSSR count). The summed E-state index contributed by atoms with van der Waals surface area (Å²) in [4.78, 5) is 16.6. The molecule has 3 aromatic rings. The average Bonchev–Trinajstić information content (AvgIpc) is 3.26. The van der Waals surface area contributed by atoms with E-state index in [-0.39, 0.29) is 12.2 Å². The lowest BCUT2D eigenvalue weighted by atomic mass is 10.1. The zero-order chi connectivity index (χ0) is 21.7. The minimum atomic E-state index is -3.96. The topological polar surface area (TPSA) is 87.5 Å². The Bertz CT molecular complexity index is 1100. The van der Waals surface area contributed by atoms with E-state index in [9.17, 15) is 17.6 Å². The van der Waals surface area contributed by atoms with Crippen molar-refractivity contribution in [3.8, 4) is 5.69 Å². The maximum atomic E-state index is 13.3. The van der Waals surface area contributed by atoms with Crippen LogP contribution in [0.3, 0.4) is 0 Å². The standard InChI is InChI=1S/C20H22FN5O3S/c1-24(2)30(28,29)26(18-9-7-17(21)8-10-18)14-20(27)23-13-16-5-3-4-6-19(16)25-12-11-22-15-25/h3-12,15H,13-14H2,1-2H3,(H,23,27). The molecule has 0 bridgehead atoms. The highest BCUT2D eigenvalue weighted by Gasteiger charge is 2.27. The number of halogens is 1. The van der Waals surface area contributed by atoms with Crippen molar-refractivity contribution in [3.63, 3.8) is 0 Å². The summed E-state index contributed by atoms with van der Waals surface area (Å²) in [5.41, 5.74) is 1.89. The van der Waals surface area contributed by atoms with Crippen molar-refractivity contribution in [3.05, 3.63) is 78.6 Å². The van der Waals surface area contributed by atoms with Crippen LogP contribution >= 0.6 is 0 Å². The number of hydrogen-bond acceptors (Lipinski definition) is 4. The van der Waals surface area contributed by atoms with Crippen molar-refractivity contribution in [1.82, 2.24) is 19.2 Å². The molecule has 0 aliphatic carbocycles. The molecule has 10 heteroatoms. The van der Waals surface area contributed by atoms with Gasteiger partial charge in [-0.1, -0.05) is 18.2 Å². The average molecular weight is 431 g/mol. The number of carbonyl (C=O) groups excluding carboxylic acids is 1. The molecule has 0 aliphatic heterocycles. The van der Waals surface area contributed by atoms with Crippen LogP contribution < -0.4 is 9.62 Å². The minimum Gasteiger partial charge on any atom is -0.350 e. The van der Waals surface area contributed by atoms with Crippen molar-refractivity contribution in [2.24, 2.45) is 0 Å². The van der Waals surface area contributed by atoms with Gasteiger partial charge in [0.25, 0.3) is 0 Å². The summed E-state index contributed by atoms with van der Waals surface area (Å²) in [5, 5.41) is 2.75. The highest BCUT2D eigenvalue weighted by atomic mass is 32.2. The highest BCUT2D eigenvalue weighted by molar-refractivity contribution is 7.90. The van der Waals surface area contributed by atoms with Crippen molar-refractivity contribution >= 4 is 21.8 Å². The summed E-state index contributed by atoms with van der Waals surface area (Å²) in [7, 11) is -1.22. The number of hydrogen-bond donors (Lipinski definition) is 1. The monoisotopic (exact) mass is 431 g/mol. The Morgan fingerprint density at radius 3 is 2.47 bits per heavy atom. The fourth-order valence-corrected chi connectivity index (χ4v) is 3.87. The van der Waals surface area contributed by atoms with Gasteiger partial charge in [0.15, 0.2) is 0 Å². The normalized spacial score (nSPS) is 11.5. The Labute approximate surface area is 174 Å². The second kappa shape index (κ2) is 9.06. The number of carbonyl (C=O) groups is 1. The number of amides is 1. The van der Waals surface area contributed by atoms with Gasteiger partial charge in [-0.3, -0.25) is 4.79 Å². The summed E-state index contributed by atoms with van der Waals surface area (Å²) in [6, 6.07) is 12.4. The number of benzene rings is 2. The number of para-hydroxylation sites is 1. The lowest BCUT2D eigenvalue weighted by Gasteiger charge is -2.27. The molecule has 158 valence electrons.